The van der Waals surface area contributed by atoms with Crippen molar-refractivity contribution in [3.63, 3.8) is 0 Å². The molecule has 0 aliphatic carbocycles. The number of hydrogen-bond acceptors (Lipinski definition) is 7. The van der Waals surface area contributed by atoms with Crippen LogP contribution in [0.3, 0.4) is 0 Å². The number of carbonyl (C=O) groups is 7. The van der Waals surface area contributed by atoms with Crippen molar-refractivity contribution in [1.29, 1.82) is 0 Å². The summed E-state index contributed by atoms with van der Waals surface area (Å²) >= 11 is 0. The summed E-state index contributed by atoms with van der Waals surface area (Å²) in [6.07, 6.45) is 1.39. The fraction of sp³-hybridized carbons (Fsp3) is 0.438. The van der Waals surface area contributed by atoms with E-state index in [4.69, 9.17) is 10.8 Å². The molecule has 1 aliphatic rings. The van der Waals surface area contributed by atoms with Crippen LogP contribution >= 0.6 is 0 Å². The molecule has 6 N–H and O–H groups in total. The molecule has 0 spiro atoms. The Balaban J connectivity index is 2.53. The summed E-state index contributed by atoms with van der Waals surface area (Å²) < 4.78 is 0. The van der Waals surface area contributed by atoms with E-state index >= 15 is 0 Å². The van der Waals surface area contributed by atoms with Gasteiger partial charge in [0.05, 0.1) is 6.42 Å². The van der Waals surface area contributed by atoms with Crippen LogP contribution in [0.25, 0.3) is 0 Å². The first-order valence-electron chi connectivity index (χ1n) is 8.37. The number of carboxylic acid groups (broad SMARTS) is 1. The van der Waals surface area contributed by atoms with Crippen molar-refractivity contribution in [2.45, 2.75) is 38.4 Å². The molecular weight excluding hydrogens is 390 g/mol. The fourth-order valence-electron chi connectivity index (χ4n) is 2.19. The van der Waals surface area contributed by atoms with Gasteiger partial charge in [0.15, 0.2) is 0 Å². The van der Waals surface area contributed by atoms with Gasteiger partial charge in [0.2, 0.25) is 23.6 Å². The largest absolute Gasteiger partial charge is 0.480 e. The predicted octanol–water partition coefficient (Wildman–Crippen LogP) is -3.63. The molecule has 0 aromatic rings. The average Bonchev–Trinajstić information content (AvgIpc) is 2.92. The van der Waals surface area contributed by atoms with E-state index in [1.54, 1.807) is 0 Å². The smallest absolute Gasteiger partial charge is 0.326 e. The highest BCUT2D eigenvalue weighted by atomic mass is 16.4. The molecule has 0 aromatic carbocycles. The van der Waals surface area contributed by atoms with Crippen LogP contribution in [0, 0.1) is 0 Å². The van der Waals surface area contributed by atoms with Gasteiger partial charge in [0, 0.05) is 12.2 Å². The van der Waals surface area contributed by atoms with E-state index in [1.165, 1.54) is 13.8 Å². The Kier molecular flexibility index (Phi) is 7.99. The number of carbonyl (C=O) groups excluding carboxylic acids is 6. The molecule has 1 rings (SSSR count). The van der Waals surface area contributed by atoms with Crippen LogP contribution in [0.5, 0.6) is 0 Å². The number of nitrogens with one attached hydrogen (secondary N) is 3. The molecule has 0 fully saturated rings. The Hall–Kier alpha value is -3.77. The van der Waals surface area contributed by atoms with Crippen LogP contribution in [0.1, 0.15) is 20.3 Å². The molecule has 6 amide bonds. The molecule has 13 nitrogen and oxygen atoms in total. The highest BCUT2D eigenvalue weighted by Gasteiger charge is 2.28. The first-order valence-corrected chi connectivity index (χ1v) is 8.37. The van der Waals surface area contributed by atoms with Gasteiger partial charge >= 0.3 is 5.97 Å². The van der Waals surface area contributed by atoms with Gasteiger partial charge in [0.25, 0.3) is 11.8 Å². The van der Waals surface area contributed by atoms with Crippen LogP contribution in [-0.2, 0) is 33.6 Å². The Morgan fingerprint density at radius 2 is 1.45 bits per heavy atom. The lowest BCUT2D eigenvalue weighted by atomic mass is 10.1. The normalized spacial score (nSPS) is 16.0. The summed E-state index contributed by atoms with van der Waals surface area (Å²) in [5, 5.41) is 15.5. The van der Waals surface area contributed by atoms with Crippen molar-refractivity contribution >= 4 is 41.4 Å². The maximum absolute atomic E-state index is 12.1. The molecule has 0 radical (unpaired) electrons. The van der Waals surface area contributed by atoms with Gasteiger partial charge in [-0.05, 0) is 13.8 Å². The van der Waals surface area contributed by atoms with Crippen molar-refractivity contribution in [3.05, 3.63) is 12.2 Å². The van der Waals surface area contributed by atoms with E-state index < -0.39 is 72.5 Å². The molecular formula is C16H21N5O8. The van der Waals surface area contributed by atoms with E-state index in [0.29, 0.717) is 4.90 Å². The molecule has 0 aromatic heterocycles. The summed E-state index contributed by atoms with van der Waals surface area (Å²) in [4.78, 5) is 81.4. The summed E-state index contributed by atoms with van der Waals surface area (Å²) in [7, 11) is 0. The molecule has 3 atom stereocenters. The molecule has 158 valence electrons. The maximum atomic E-state index is 12.1. The number of carboxylic acids is 1. The summed E-state index contributed by atoms with van der Waals surface area (Å²) in [6.45, 7) is 1.99. The minimum Gasteiger partial charge on any atom is -0.480 e. The van der Waals surface area contributed by atoms with E-state index in [2.05, 4.69) is 16.0 Å². The lowest BCUT2D eigenvalue weighted by Gasteiger charge is -2.21. The Labute approximate surface area is 164 Å². The zero-order valence-corrected chi connectivity index (χ0v) is 15.6. The number of aliphatic carboxylic acids is 1. The van der Waals surface area contributed by atoms with Crippen molar-refractivity contribution in [3.8, 4) is 0 Å². The molecule has 1 aliphatic heterocycles. The Morgan fingerprint density at radius 3 is 1.93 bits per heavy atom. The quantitative estimate of drug-likeness (QED) is 0.226. The molecule has 29 heavy (non-hydrogen) atoms. The maximum Gasteiger partial charge on any atom is 0.326 e. The van der Waals surface area contributed by atoms with Crippen molar-refractivity contribution < 1.29 is 38.7 Å². The Bertz CT molecular complexity index is 759. The zero-order chi connectivity index (χ0) is 22.3. The zero-order valence-electron chi connectivity index (χ0n) is 15.6. The second-order valence-corrected chi connectivity index (χ2v) is 6.19. The number of nitrogens with two attached hydrogens (primary N) is 1. The molecule has 0 saturated heterocycles. The van der Waals surface area contributed by atoms with Gasteiger partial charge in [-0.2, -0.15) is 0 Å². The first-order chi connectivity index (χ1) is 13.4. The van der Waals surface area contributed by atoms with E-state index in [-0.39, 0.29) is 0 Å². The average molecular weight is 411 g/mol. The van der Waals surface area contributed by atoms with Gasteiger partial charge in [0.1, 0.15) is 24.7 Å². The minimum atomic E-state index is -1.55. The molecule has 1 heterocycles. The second-order valence-electron chi connectivity index (χ2n) is 6.19. The van der Waals surface area contributed by atoms with Gasteiger partial charge < -0.3 is 26.8 Å². The van der Waals surface area contributed by atoms with Crippen molar-refractivity contribution in [2.24, 2.45) is 5.73 Å². The summed E-state index contributed by atoms with van der Waals surface area (Å²) in [5.41, 5.74) is 4.91. The highest BCUT2D eigenvalue weighted by molar-refractivity contribution is 6.14. The van der Waals surface area contributed by atoms with Crippen molar-refractivity contribution in [1.82, 2.24) is 20.9 Å². The van der Waals surface area contributed by atoms with Crippen LogP contribution in [0.2, 0.25) is 0 Å². The van der Waals surface area contributed by atoms with Gasteiger partial charge in [-0.3, -0.25) is 33.7 Å². The van der Waals surface area contributed by atoms with Crippen LogP contribution in [0.4, 0.5) is 0 Å². The lowest BCUT2D eigenvalue weighted by Crippen LogP contribution is -2.55. The lowest BCUT2D eigenvalue weighted by molar-refractivity contribution is -0.143. The third-order valence-corrected chi connectivity index (χ3v) is 3.74. The molecule has 13 heteroatoms. The van der Waals surface area contributed by atoms with E-state index in [1.807, 2.05) is 0 Å². The van der Waals surface area contributed by atoms with Gasteiger partial charge in [-0.15, -0.1) is 0 Å². The molecule has 0 unspecified atom stereocenters. The number of rotatable bonds is 10. The van der Waals surface area contributed by atoms with Crippen molar-refractivity contribution in [2.75, 3.05) is 6.54 Å². The third kappa shape index (κ3) is 7.04. The standard InChI is InChI=1S/C16H21N5O8/c1-7(18-11(23)6-21-12(24)3-4-13(21)25)14(26)19-8(2)15(27)20-9(16(28)29)5-10(17)22/h3-4,7-9H,5-6H2,1-2H3,(H2,17,22)(H,18,23)(H,19,26)(H,20,27)(H,28,29)/t7-,8+,9-/m0/s1. The van der Waals surface area contributed by atoms with Gasteiger partial charge in [-0.25, -0.2) is 4.79 Å². The SMILES string of the molecule is C[C@H](NC(=O)CN1C(=O)C=CC1=O)C(=O)N[C@H](C)C(=O)N[C@@H](CC(N)=O)C(=O)O. The van der Waals surface area contributed by atoms with E-state index in [9.17, 15) is 33.6 Å². The number of imide groups is 1. The Morgan fingerprint density at radius 1 is 0.966 bits per heavy atom. The number of primary amides is 1. The topological polar surface area (TPSA) is 205 Å². The minimum absolute atomic E-state index is 0.578. The summed E-state index contributed by atoms with van der Waals surface area (Å²) in [5.74, 6) is -6.16. The second kappa shape index (κ2) is 9.96. The predicted molar refractivity (Wildman–Crippen MR) is 94.4 cm³/mol. The van der Waals surface area contributed by atoms with Gasteiger partial charge in [-0.1, -0.05) is 0 Å². The molecule has 0 bridgehead atoms. The first kappa shape index (κ1) is 23.3. The summed E-state index contributed by atoms with van der Waals surface area (Å²) in [6, 6.07) is -3.87. The third-order valence-electron chi connectivity index (χ3n) is 3.74. The monoisotopic (exact) mass is 411 g/mol. The van der Waals surface area contributed by atoms with Crippen LogP contribution in [0.15, 0.2) is 12.2 Å². The number of nitrogens with zero attached hydrogens (tertiary/aromatic N) is 1. The van der Waals surface area contributed by atoms with Crippen LogP contribution in [-0.4, -0.2) is 76.1 Å². The number of hydrogen-bond donors (Lipinski definition) is 5. The highest BCUT2D eigenvalue weighted by Crippen LogP contribution is 2.02. The van der Waals surface area contributed by atoms with E-state index in [0.717, 1.165) is 12.2 Å². The fourth-order valence-corrected chi connectivity index (χ4v) is 2.19. The molecule has 0 saturated carbocycles. The number of amides is 6. The van der Waals surface area contributed by atoms with Crippen LogP contribution < -0.4 is 21.7 Å².